The highest BCUT2D eigenvalue weighted by Crippen LogP contribution is 2.01. The van der Waals surface area contributed by atoms with Gasteiger partial charge < -0.3 is 4.57 Å². The van der Waals surface area contributed by atoms with E-state index >= 15 is 0 Å². The minimum absolute atomic E-state index is 0.186. The average molecular weight is 268 g/mol. The number of hydrogen-bond acceptors (Lipinski definition) is 4. The first-order valence-electron chi connectivity index (χ1n) is 6.40. The number of aromatic nitrogens is 2. The highest BCUT2D eigenvalue weighted by molar-refractivity contribution is 5.74. The van der Waals surface area contributed by atoms with Crippen LogP contribution in [0.5, 0.6) is 0 Å². The van der Waals surface area contributed by atoms with Gasteiger partial charge in [-0.3, -0.25) is 20.0 Å². The molecule has 0 atom stereocenters. The van der Waals surface area contributed by atoms with Gasteiger partial charge in [0.05, 0.1) is 0 Å². The summed E-state index contributed by atoms with van der Waals surface area (Å²) in [7, 11) is 0. The summed E-state index contributed by atoms with van der Waals surface area (Å²) in [6, 6.07) is 0. The van der Waals surface area contributed by atoms with Crippen molar-refractivity contribution < 1.29 is 4.79 Å². The smallest absolute Gasteiger partial charge is 0.300 e. The van der Waals surface area contributed by atoms with Crippen LogP contribution in [-0.2, 0) is 17.8 Å². The second-order valence-corrected chi connectivity index (χ2v) is 4.34. The third-order valence-electron chi connectivity index (χ3n) is 2.93. The van der Waals surface area contributed by atoms with Crippen molar-refractivity contribution >= 4 is 5.91 Å². The maximum Gasteiger partial charge on any atom is 0.328 e. The van der Waals surface area contributed by atoms with Crippen LogP contribution in [0.3, 0.4) is 0 Å². The number of unbranched alkanes of at least 4 members (excludes halogenated alkanes) is 2. The minimum Gasteiger partial charge on any atom is -0.300 e. The van der Waals surface area contributed by atoms with E-state index in [0.717, 1.165) is 19.3 Å². The van der Waals surface area contributed by atoms with Crippen LogP contribution in [0.2, 0.25) is 0 Å². The number of nitrogens with zero attached hydrogens (tertiary/aromatic N) is 1. The molecule has 0 spiro atoms. The van der Waals surface area contributed by atoms with Crippen LogP contribution in [0.1, 0.15) is 38.2 Å². The van der Waals surface area contributed by atoms with Gasteiger partial charge in [0.25, 0.3) is 5.56 Å². The number of carbonyl (C=O) groups excluding carboxylic acids is 1. The third kappa shape index (κ3) is 4.70. The molecule has 4 N–H and O–H groups in total. The molecule has 0 aliphatic carbocycles. The van der Waals surface area contributed by atoms with E-state index in [2.05, 4.69) is 10.4 Å². The first-order valence-corrected chi connectivity index (χ1v) is 6.40. The Kier molecular flexibility index (Phi) is 6.01. The zero-order valence-electron chi connectivity index (χ0n) is 11.1. The lowest BCUT2D eigenvalue weighted by Crippen LogP contribution is -2.31. The van der Waals surface area contributed by atoms with E-state index in [1.54, 1.807) is 6.20 Å². The highest BCUT2D eigenvalue weighted by atomic mass is 16.2. The molecule has 0 unspecified atom stereocenters. The van der Waals surface area contributed by atoms with E-state index in [1.165, 1.54) is 4.57 Å². The van der Waals surface area contributed by atoms with Crippen LogP contribution >= 0.6 is 0 Å². The summed E-state index contributed by atoms with van der Waals surface area (Å²) < 4.78 is 1.50. The van der Waals surface area contributed by atoms with Gasteiger partial charge in [-0.2, -0.15) is 0 Å². The van der Waals surface area contributed by atoms with Gasteiger partial charge in [-0.05, 0) is 19.3 Å². The Morgan fingerprint density at radius 3 is 2.74 bits per heavy atom. The predicted octanol–water partition coefficient (Wildman–Crippen LogP) is -0.351. The maximum atomic E-state index is 11.6. The van der Waals surface area contributed by atoms with E-state index < -0.39 is 0 Å². The summed E-state index contributed by atoms with van der Waals surface area (Å²) in [5.41, 5.74) is 1.97. The maximum absolute atomic E-state index is 11.6. The van der Waals surface area contributed by atoms with Crippen LogP contribution in [0, 0.1) is 0 Å². The molecular formula is C12H20N4O3. The number of aromatic amines is 1. The Labute approximate surface area is 110 Å². The summed E-state index contributed by atoms with van der Waals surface area (Å²) in [6.45, 7) is 2.40. The van der Waals surface area contributed by atoms with Crippen LogP contribution in [0.15, 0.2) is 15.8 Å². The molecule has 0 fully saturated rings. The SMILES string of the molecule is CCc1cn(CCCCCC(=O)NN)c(=O)[nH]c1=O. The van der Waals surface area contributed by atoms with Gasteiger partial charge in [0, 0.05) is 24.7 Å². The molecule has 0 aromatic carbocycles. The van der Waals surface area contributed by atoms with Gasteiger partial charge in [0.15, 0.2) is 0 Å². The van der Waals surface area contributed by atoms with Crippen molar-refractivity contribution in [2.75, 3.05) is 0 Å². The van der Waals surface area contributed by atoms with Crippen molar-refractivity contribution in [1.82, 2.24) is 15.0 Å². The Balaban J connectivity index is 2.47. The molecule has 19 heavy (non-hydrogen) atoms. The molecule has 0 aliphatic heterocycles. The van der Waals surface area contributed by atoms with Gasteiger partial charge in [0.2, 0.25) is 5.91 Å². The minimum atomic E-state index is -0.387. The molecule has 0 radical (unpaired) electrons. The van der Waals surface area contributed by atoms with Crippen molar-refractivity contribution in [2.24, 2.45) is 5.84 Å². The summed E-state index contributed by atoms with van der Waals surface area (Å²) >= 11 is 0. The number of nitrogens with one attached hydrogen (secondary N) is 2. The number of nitrogens with two attached hydrogens (primary N) is 1. The van der Waals surface area contributed by atoms with E-state index in [-0.39, 0.29) is 17.2 Å². The topological polar surface area (TPSA) is 110 Å². The van der Waals surface area contributed by atoms with Gasteiger partial charge in [0.1, 0.15) is 0 Å². The molecule has 1 amide bonds. The molecule has 1 aromatic rings. The van der Waals surface area contributed by atoms with Crippen molar-refractivity contribution in [3.63, 3.8) is 0 Å². The molecule has 0 saturated carbocycles. The third-order valence-corrected chi connectivity index (χ3v) is 2.93. The molecule has 0 bridgehead atoms. The number of carbonyl (C=O) groups is 1. The molecule has 106 valence electrons. The predicted molar refractivity (Wildman–Crippen MR) is 71.5 cm³/mol. The number of amides is 1. The lowest BCUT2D eigenvalue weighted by molar-refractivity contribution is -0.121. The Bertz CT molecular complexity index is 533. The monoisotopic (exact) mass is 268 g/mol. The molecule has 0 aliphatic rings. The Hall–Kier alpha value is -1.89. The first-order chi connectivity index (χ1) is 9.08. The molecule has 1 heterocycles. The molecule has 1 rings (SSSR count). The van der Waals surface area contributed by atoms with E-state index in [1.807, 2.05) is 6.92 Å². The Morgan fingerprint density at radius 1 is 1.37 bits per heavy atom. The van der Waals surface area contributed by atoms with Crippen LogP contribution in [-0.4, -0.2) is 15.5 Å². The van der Waals surface area contributed by atoms with Crippen LogP contribution in [0.4, 0.5) is 0 Å². The van der Waals surface area contributed by atoms with Gasteiger partial charge in [-0.1, -0.05) is 13.3 Å². The summed E-state index contributed by atoms with van der Waals surface area (Å²) in [5.74, 6) is 4.78. The zero-order chi connectivity index (χ0) is 14.3. The van der Waals surface area contributed by atoms with Gasteiger partial charge in [-0.25, -0.2) is 10.6 Å². The normalized spacial score (nSPS) is 10.4. The van der Waals surface area contributed by atoms with E-state index in [9.17, 15) is 14.4 Å². The standard InChI is InChI=1S/C12H20N4O3/c1-2-9-8-16(12(19)14-11(9)18)7-5-3-4-6-10(17)15-13/h8H,2-7,13H2,1H3,(H,15,17)(H,14,18,19). The van der Waals surface area contributed by atoms with Crippen LogP contribution < -0.4 is 22.5 Å². The first kappa shape index (κ1) is 15.2. The second-order valence-electron chi connectivity index (χ2n) is 4.34. The largest absolute Gasteiger partial charge is 0.328 e. The zero-order valence-corrected chi connectivity index (χ0v) is 11.1. The van der Waals surface area contributed by atoms with Crippen molar-refractivity contribution in [2.45, 2.75) is 45.6 Å². The lowest BCUT2D eigenvalue weighted by atomic mass is 10.2. The van der Waals surface area contributed by atoms with Crippen molar-refractivity contribution in [1.29, 1.82) is 0 Å². The van der Waals surface area contributed by atoms with E-state index in [4.69, 9.17) is 5.84 Å². The number of H-pyrrole nitrogens is 1. The number of hydrazine groups is 1. The van der Waals surface area contributed by atoms with Gasteiger partial charge in [-0.15, -0.1) is 0 Å². The molecule has 0 saturated heterocycles. The van der Waals surface area contributed by atoms with Crippen LogP contribution in [0.25, 0.3) is 0 Å². The second kappa shape index (κ2) is 7.52. The van der Waals surface area contributed by atoms with Crippen molar-refractivity contribution in [3.05, 3.63) is 32.6 Å². The number of aryl methyl sites for hydroxylation is 2. The van der Waals surface area contributed by atoms with Crippen molar-refractivity contribution in [3.8, 4) is 0 Å². The number of rotatable bonds is 7. The summed E-state index contributed by atoms with van der Waals surface area (Å²) in [5, 5.41) is 0. The van der Waals surface area contributed by atoms with Gasteiger partial charge >= 0.3 is 5.69 Å². The lowest BCUT2D eigenvalue weighted by Gasteiger charge is -2.06. The van der Waals surface area contributed by atoms with E-state index in [0.29, 0.717) is 24.9 Å². The summed E-state index contributed by atoms with van der Waals surface area (Å²) in [6.07, 6.45) is 4.90. The Morgan fingerprint density at radius 2 is 2.11 bits per heavy atom. The number of hydrogen-bond donors (Lipinski definition) is 3. The molecular weight excluding hydrogens is 248 g/mol. The fourth-order valence-corrected chi connectivity index (χ4v) is 1.79. The fourth-order valence-electron chi connectivity index (χ4n) is 1.79. The molecule has 7 heteroatoms. The molecule has 1 aromatic heterocycles. The quantitative estimate of drug-likeness (QED) is 0.272. The highest BCUT2D eigenvalue weighted by Gasteiger charge is 2.03. The molecule has 7 nitrogen and oxygen atoms in total. The average Bonchev–Trinajstić information content (AvgIpc) is 2.40. The summed E-state index contributed by atoms with van der Waals surface area (Å²) in [4.78, 5) is 36.1. The fraction of sp³-hybridized carbons (Fsp3) is 0.583.